The number of nitrogens with one attached hydrogen (secondary N) is 1. The van der Waals surface area contributed by atoms with Crippen LogP contribution in [0.4, 0.5) is 4.79 Å². The molecule has 0 aliphatic heterocycles. The molecule has 0 bridgehead atoms. The van der Waals surface area contributed by atoms with Gasteiger partial charge in [0, 0.05) is 11.0 Å². The quantitative estimate of drug-likeness (QED) is 0.536. The van der Waals surface area contributed by atoms with Crippen LogP contribution in [0, 0.1) is 5.92 Å². The first-order chi connectivity index (χ1) is 8.58. The highest BCUT2D eigenvalue weighted by Crippen LogP contribution is 2.15. The summed E-state index contributed by atoms with van der Waals surface area (Å²) in [7, 11) is 0. The summed E-state index contributed by atoms with van der Waals surface area (Å²) < 4.78 is 11.9. The molecule has 1 unspecified atom stereocenters. The molecule has 0 aliphatic rings. The molecule has 0 saturated carbocycles. The number of alkyl carbamates (subject to hydrolysis) is 1. The highest BCUT2D eigenvalue weighted by molar-refractivity contribution is 14.1. The molecule has 5 heteroatoms. The second-order valence-electron chi connectivity index (χ2n) is 6.47. The van der Waals surface area contributed by atoms with Crippen LogP contribution in [0.25, 0.3) is 0 Å². The molecule has 19 heavy (non-hydrogen) atoms. The zero-order valence-corrected chi connectivity index (χ0v) is 15.2. The molecule has 114 valence electrons. The molecule has 0 aliphatic carbocycles. The summed E-state index contributed by atoms with van der Waals surface area (Å²) in [6.07, 6.45) is 0.634. The maximum absolute atomic E-state index is 11.6. The van der Waals surface area contributed by atoms with Crippen molar-refractivity contribution in [2.75, 3.05) is 17.6 Å². The van der Waals surface area contributed by atoms with Crippen LogP contribution in [0.1, 0.15) is 48.0 Å². The average molecular weight is 385 g/mol. The van der Waals surface area contributed by atoms with Gasteiger partial charge in [-0.2, -0.15) is 0 Å². The molecule has 0 rings (SSSR count). The third-order valence-electron chi connectivity index (χ3n) is 2.43. The molecule has 0 aromatic rings. The predicted molar refractivity (Wildman–Crippen MR) is 86.9 cm³/mol. The molecular formula is C14H28INO3. The second kappa shape index (κ2) is 8.29. The van der Waals surface area contributed by atoms with Crippen molar-refractivity contribution in [2.24, 2.45) is 5.92 Å². The van der Waals surface area contributed by atoms with Crippen molar-refractivity contribution in [2.45, 2.75) is 59.2 Å². The number of amides is 1. The minimum Gasteiger partial charge on any atom is -0.444 e. The van der Waals surface area contributed by atoms with Gasteiger partial charge in [-0.1, -0.05) is 36.4 Å². The lowest BCUT2D eigenvalue weighted by Gasteiger charge is -2.29. The second-order valence-corrected chi connectivity index (χ2v) is 7.23. The number of carbonyl (C=O) groups excluding carboxylic acids is 1. The Hall–Kier alpha value is -0.0400. The molecule has 0 aromatic carbocycles. The van der Waals surface area contributed by atoms with E-state index in [0.29, 0.717) is 19.1 Å². The largest absolute Gasteiger partial charge is 0.444 e. The van der Waals surface area contributed by atoms with E-state index in [1.165, 1.54) is 0 Å². The van der Waals surface area contributed by atoms with Gasteiger partial charge in [0.05, 0.1) is 12.1 Å². The monoisotopic (exact) mass is 385 g/mol. The Kier molecular flexibility index (Phi) is 8.27. The first-order valence-electron chi connectivity index (χ1n) is 6.75. The average Bonchev–Trinajstić information content (AvgIpc) is 2.24. The molecule has 0 spiro atoms. The van der Waals surface area contributed by atoms with Gasteiger partial charge in [-0.05, 0) is 40.0 Å². The van der Waals surface area contributed by atoms with Gasteiger partial charge in [-0.15, -0.1) is 0 Å². The van der Waals surface area contributed by atoms with Crippen LogP contribution in [0.3, 0.4) is 0 Å². The van der Waals surface area contributed by atoms with Crippen molar-refractivity contribution in [3.63, 3.8) is 0 Å². The van der Waals surface area contributed by atoms with Crippen LogP contribution in [0.5, 0.6) is 0 Å². The molecule has 0 saturated heterocycles. The van der Waals surface area contributed by atoms with E-state index < -0.39 is 11.7 Å². The molecule has 0 aromatic heterocycles. The molecule has 0 radical (unpaired) electrons. The summed E-state index contributed by atoms with van der Waals surface area (Å²) in [6.45, 7) is 13.1. The van der Waals surface area contributed by atoms with Crippen LogP contribution in [0.15, 0.2) is 0 Å². The minimum atomic E-state index is -0.469. The summed E-state index contributed by atoms with van der Waals surface area (Å²) >= 11 is 2.28. The maximum Gasteiger partial charge on any atom is 0.407 e. The summed E-state index contributed by atoms with van der Waals surface area (Å²) in [4.78, 5) is 11.6. The molecule has 0 heterocycles. The standard InChI is InChI=1S/C14H28INO3/c1-11(2)7-8-18-14(6,9-15)10-16-12(17)19-13(3,4)5/h11H,7-10H2,1-6H3,(H,16,17). The van der Waals surface area contributed by atoms with Gasteiger partial charge in [0.2, 0.25) is 0 Å². The Morgan fingerprint density at radius 2 is 1.84 bits per heavy atom. The van der Waals surface area contributed by atoms with Gasteiger partial charge in [0.15, 0.2) is 0 Å². The van der Waals surface area contributed by atoms with E-state index in [9.17, 15) is 4.79 Å². The number of rotatable bonds is 7. The smallest absolute Gasteiger partial charge is 0.407 e. The fraction of sp³-hybridized carbons (Fsp3) is 0.929. The summed E-state index contributed by atoms with van der Waals surface area (Å²) in [5.74, 6) is 0.622. The fourth-order valence-electron chi connectivity index (χ4n) is 1.25. The van der Waals surface area contributed by atoms with Gasteiger partial charge in [0.1, 0.15) is 5.60 Å². The zero-order chi connectivity index (χ0) is 15.1. The molecular weight excluding hydrogens is 357 g/mol. The Bertz CT molecular complexity index is 276. The third-order valence-corrected chi connectivity index (χ3v) is 4.05. The van der Waals surface area contributed by atoms with E-state index in [1.54, 1.807) is 0 Å². The van der Waals surface area contributed by atoms with Crippen LogP contribution in [0.2, 0.25) is 0 Å². The normalized spacial score (nSPS) is 15.2. The van der Waals surface area contributed by atoms with Crippen LogP contribution in [-0.4, -0.2) is 34.9 Å². The highest BCUT2D eigenvalue weighted by Gasteiger charge is 2.26. The number of carbonyl (C=O) groups is 1. The fourth-order valence-corrected chi connectivity index (χ4v) is 1.74. The zero-order valence-electron chi connectivity index (χ0n) is 13.0. The lowest BCUT2D eigenvalue weighted by molar-refractivity contribution is -0.0180. The highest BCUT2D eigenvalue weighted by atomic mass is 127. The Balaban J connectivity index is 4.13. The Labute approximate surface area is 131 Å². The molecule has 1 atom stereocenters. The van der Waals surface area contributed by atoms with Crippen LogP contribution < -0.4 is 5.32 Å². The summed E-state index contributed by atoms with van der Waals surface area (Å²) in [5.41, 5.74) is -0.810. The van der Waals surface area contributed by atoms with E-state index in [0.717, 1.165) is 10.8 Å². The lowest BCUT2D eigenvalue weighted by Crippen LogP contribution is -2.45. The van der Waals surface area contributed by atoms with Crippen molar-refractivity contribution < 1.29 is 14.3 Å². The third kappa shape index (κ3) is 10.4. The molecule has 1 N–H and O–H groups in total. The van der Waals surface area contributed by atoms with Crippen molar-refractivity contribution in [1.29, 1.82) is 0 Å². The van der Waals surface area contributed by atoms with E-state index in [2.05, 4.69) is 41.8 Å². The lowest BCUT2D eigenvalue weighted by atomic mass is 10.1. The van der Waals surface area contributed by atoms with Gasteiger partial charge in [-0.3, -0.25) is 0 Å². The number of halogens is 1. The first-order valence-corrected chi connectivity index (χ1v) is 8.27. The van der Waals surface area contributed by atoms with Crippen molar-refractivity contribution in [1.82, 2.24) is 5.32 Å². The van der Waals surface area contributed by atoms with Crippen molar-refractivity contribution in [3.8, 4) is 0 Å². The van der Waals surface area contributed by atoms with E-state index >= 15 is 0 Å². The van der Waals surface area contributed by atoms with E-state index in [1.807, 2.05) is 27.7 Å². The molecule has 1 amide bonds. The SMILES string of the molecule is CC(C)CCOC(C)(CI)CNC(=O)OC(C)(C)C. The molecule has 4 nitrogen and oxygen atoms in total. The van der Waals surface area contributed by atoms with Crippen molar-refractivity contribution in [3.05, 3.63) is 0 Å². The van der Waals surface area contributed by atoms with Gasteiger partial charge in [0.25, 0.3) is 0 Å². The number of ether oxygens (including phenoxy) is 2. The number of alkyl halides is 1. The van der Waals surface area contributed by atoms with Crippen molar-refractivity contribution >= 4 is 28.7 Å². The van der Waals surface area contributed by atoms with Gasteiger partial charge in [-0.25, -0.2) is 4.79 Å². The topological polar surface area (TPSA) is 47.6 Å². The Morgan fingerprint density at radius 3 is 2.26 bits per heavy atom. The summed E-state index contributed by atoms with van der Waals surface area (Å²) in [5, 5.41) is 2.78. The van der Waals surface area contributed by atoms with E-state index in [4.69, 9.17) is 9.47 Å². The first kappa shape index (κ1) is 19.0. The Morgan fingerprint density at radius 1 is 1.26 bits per heavy atom. The van der Waals surface area contributed by atoms with Gasteiger partial charge < -0.3 is 14.8 Å². The van der Waals surface area contributed by atoms with E-state index in [-0.39, 0.29) is 5.60 Å². The predicted octanol–water partition coefficient (Wildman–Crippen LogP) is 3.77. The minimum absolute atomic E-state index is 0.341. The summed E-state index contributed by atoms with van der Waals surface area (Å²) in [6, 6.07) is 0. The van der Waals surface area contributed by atoms with Crippen LogP contribution in [-0.2, 0) is 9.47 Å². The number of hydrogen-bond acceptors (Lipinski definition) is 3. The molecule has 0 fully saturated rings. The van der Waals surface area contributed by atoms with Crippen LogP contribution >= 0.6 is 22.6 Å². The maximum atomic E-state index is 11.6. The number of hydrogen-bond donors (Lipinski definition) is 1. The van der Waals surface area contributed by atoms with Gasteiger partial charge >= 0.3 is 6.09 Å².